The number of hydrogen-bond acceptors (Lipinski definition) is 5. The second kappa shape index (κ2) is 8.23. The summed E-state index contributed by atoms with van der Waals surface area (Å²) in [5.41, 5.74) is 0.0871. The van der Waals surface area contributed by atoms with Crippen LogP contribution in [0.4, 0.5) is 4.39 Å². The first kappa shape index (κ1) is 21.2. The van der Waals surface area contributed by atoms with Gasteiger partial charge in [0.2, 0.25) is 11.8 Å². The molecule has 0 aromatic heterocycles. The summed E-state index contributed by atoms with van der Waals surface area (Å²) in [5.74, 6) is -3.33. The maximum atomic E-state index is 13.5. The molecule has 2 amide bonds. The van der Waals surface area contributed by atoms with Gasteiger partial charge in [-0.15, -0.1) is 0 Å². The monoisotopic (exact) mass is 424 g/mol. The summed E-state index contributed by atoms with van der Waals surface area (Å²) in [6.45, 7) is 3.82. The minimum absolute atomic E-state index is 0.148. The van der Waals surface area contributed by atoms with Gasteiger partial charge in [-0.2, -0.15) is 0 Å². The first-order valence-electron chi connectivity index (χ1n) is 10.5. The van der Waals surface area contributed by atoms with Crippen LogP contribution in [0.25, 0.3) is 0 Å². The van der Waals surface area contributed by atoms with Crippen LogP contribution >= 0.6 is 0 Å². The van der Waals surface area contributed by atoms with E-state index in [0.717, 1.165) is 5.56 Å². The van der Waals surface area contributed by atoms with Crippen LogP contribution in [0.3, 0.4) is 0 Å². The largest absolute Gasteiger partial charge is 0.465 e. The van der Waals surface area contributed by atoms with Crippen molar-refractivity contribution in [3.8, 4) is 0 Å². The maximum absolute atomic E-state index is 13.5. The molecule has 4 rings (SSSR count). The lowest BCUT2D eigenvalue weighted by atomic mass is 9.76. The van der Waals surface area contributed by atoms with E-state index in [9.17, 15) is 18.8 Å². The highest BCUT2D eigenvalue weighted by molar-refractivity contribution is 6.09. The van der Waals surface area contributed by atoms with Crippen molar-refractivity contribution >= 4 is 17.8 Å². The predicted molar refractivity (Wildman–Crippen MR) is 111 cm³/mol. The molecule has 0 saturated carbocycles. The average Bonchev–Trinajstić information content (AvgIpc) is 3.24. The van der Waals surface area contributed by atoms with Gasteiger partial charge in [-0.05, 0) is 37.1 Å². The maximum Gasteiger partial charge on any atom is 0.327 e. The number of imide groups is 1. The fourth-order valence-electron chi connectivity index (χ4n) is 4.93. The Morgan fingerprint density at radius 3 is 2.35 bits per heavy atom. The van der Waals surface area contributed by atoms with Gasteiger partial charge in [-0.1, -0.05) is 42.5 Å². The number of halogens is 1. The number of amides is 2. The number of esters is 1. The van der Waals surface area contributed by atoms with E-state index in [0.29, 0.717) is 5.56 Å². The van der Waals surface area contributed by atoms with Crippen molar-refractivity contribution in [3.63, 3.8) is 0 Å². The van der Waals surface area contributed by atoms with Gasteiger partial charge in [-0.3, -0.25) is 24.6 Å². The third kappa shape index (κ3) is 3.43. The molecule has 2 aromatic carbocycles. The molecule has 0 bridgehead atoms. The zero-order valence-corrected chi connectivity index (χ0v) is 17.5. The molecule has 2 aromatic rings. The number of nitrogens with zero attached hydrogens (tertiary/aromatic N) is 1. The molecule has 7 heteroatoms. The van der Waals surface area contributed by atoms with Gasteiger partial charge >= 0.3 is 5.97 Å². The zero-order valence-electron chi connectivity index (χ0n) is 17.5. The van der Waals surface area contributed by atoms with Crippen LogP contribution in [0.5, 0.6) is 0 Å². The Balaban J connectivity index is 1.86. The number of ether oxygens (including phenoxy) is 1. The predicted octanol–water partition coefficient (Wildman–Crippen LogP) is 2.64. The van der Waals surface area contributed by atoms with Gasteiger partial charge in [0.1, 0.15) is 11.4 Å². The van der Waals surface area contributed by atoms with E-state index in [1.165, 1.54) is 17.0 Å². The van der Waals surface area contributed by atoms with Crippen molar-refractivity contribution in [3.05, 3.63) is 71.5 Å². The number of carbonyl (C=O) groups is 3. The molecule has 31 heavy (non-hydrogen) atoms. The minimum atomic E-state index is -1.41. The molecular weight excluding hydrogens is 399 g/mol. The van der Waals surface area contributed by atoms with Crippen molar-refractivity contribution in [1.29, 1.82) is 0 Å². The van der Waals surface area contributed by atoms with Gasteiger partial charge in [0.05, 0.1) is 18.4 Å². The van der Waals surface area contributed by atoms with E-state index in [1.807, 2.05) is 30.3 Å². The lowest BCUT2D eigenvalue weighted by Crippen LogP contribution is -2.58. The summed E-state index contributed by atoms with van der Waals surface area (Å²) >= 11 is 0. The van der Waals surface area contributed by atoms with E-state index in [-0.39, 0.29) is 31.4 Å². The van der Waals surface area contributed by atoms with Gasteiger partial charge in [-0.25, -0.2) is 4.39 Å². The number of benzene rings is 2. The molecule has 4 atom stereocenters. The van der Waals surface area contributed by atoms with Gasteiger partial charge < -0.3 is 4.74 Å². The van der Waals surface area contributed by atoms with Crippen molar-refractivity contribution in [1.82, 2.24) is 10.2 Å². The lowest BCUT2D eigenvalue weighted by Gasteiger charge is -2.33. The van der Waals surface area contributed by atoms with Crippen molar-refractivity contribution < 1.29 is 23.5 Å². The molecule has 2 saturated heterocycles. The highest BCUT2D eigenvalue weighted by Crippen LogP contribution is 2.50. The number of hydrogen-bond donors (Lipinski definition) is 1. The molecular formula is C24H25FN2O4. The Bertz CT molecular complexity index is 994. The molecule has 1 N–H and O–H groups in total. The van der Waals surface area contributed by atoms with Crippen molar-refractivity contribution in [2.24, 2.45) is 11.8 Å². The molecule has 6 nitrogen and oxygen atoms in total. The highest BCUT2D eigenvalue weighted by Gasteiger charge is 2.68. The lowest BCUT2D eigenvalue weighted by molar-refractivity contribution is -0.156. The molecule has 0 unspecified atom stereocenters. The molecule has 2 aliphatic rings. The Hall–Kier alpha value is -3.06. The van der Waals surface area contributed by atoms with Crippen molar-refractivity contribution in [2.75, 3.05) is 13.2 Å². The van der Waals surface area contributed by atoms with Gasteiger partial charge in [0.25, 0.3) is 0 Å². The quantitative estimate of drug-likeness (QED) is 0.570. The fourth-order valence-corrected chi connectivity index (χ4v) is 4.93. The van der Waals surface area contributed by atoms with Gasteiger partial charge in [0.15, 0.2) is 0 Å². The summed E-state index contributed by atoms with van der Waals surface area (Å²) in [4.78, 5) is 41.2. The number of nitrogens with one attached hydrogen (secondary N) is 1. The normalized spacial score (nSPS) is 27.5. The zero-order chi connectivity index (χ0) is 22.2. The molecule has 0 spiro atoms. The molecule has 0 aliphatic carbocycles. The summed E-state index contributed by atoms with van der Waals surface area (Å²) in [7, 11) is 0. The van der Waals surface area contributed by atoms with E-state index in [4.69, 9.17) is 4.74 Å². The van der Waals surface area contributed by atoms with Gasteiger partial charge in [0, 0.05) is 19.0 Å². The second-order valence-corrected chi connectivity index (χ2v) is 7.95. The molecule has 0 radical (unpaired) electrons. The highest BCUT2D eigenvalue weighted by atomic mass is 19.1. The van der Waals surface area contributed by atoms with E-state index >= 15 is 0 Å². The number of likely N-dealkylation sites (tertiary alicyclic amines) is 1. The van der Waals surface area contributed by atoms with Crippen LogP contribution < -0.4 is 5.32 Å². The Morgan fingerprint density at radius 2 is 1.74 bits per heavy atom. The summed E-state index contributed by atoms with van der Waals surface area (Å²) in [5, 5.41) is 3.32. The number of fused-ring (bicyclic) bond motifs is 1. The van der Waals surface area contributed by atoms with E-state index in [1.54, 1.807) is 26.0 Å². The smallest absolute Gasteiger partial charge is 0.327 e. The van der Waals surface area contributed by atoms with Crippen LogP contribution in [-0.4, -0.2) is 41.4 Å². The molecule has 2 fully saturated rings. The Kier molecular flexibility index (Phi) is 5.62. The van der Waals surface area contributed by atoms with Crippen LogP contribution in [0.2, 0.25) is 0 Å². The summed E-state index contributed by atoms with van der Waals surface area (Å²) < 4.78 is 19.0. The summed E-state index contributed by atoms with van der Waals surface area (Å²) in [6, 6.07) is 14.5. The third-order valence-corrected chi connectivity index (χ3v) is 6.26. The summed E-state index contributed by atoms with van der Waals surface area (Å²) in [6.07, 6.45) is 0.197. The Labute approximate surface area is 180 Å². The first-order valence-corrected chi connectivity index (χ1v) is 10.5. The standard InChI is InChI=1S/C24H25FN2O4/c1-3-27-21(28)18-19(22(27)29)24(23(30)31-4-2,14-15-8-6-5-7-9-15)26-20(18)16-10-12-17(25)13-11-16/h5-13,18-20,26H,3-4,14H2,1-2H3/t18-,19+,20-,24+/m0/s1. The van der Waals surface area contributed by atoms with Crippen LogP contribution in [0.15, 0.2) is 54.6 Å². The van der Waals surface area contributed by atoms with Crippen LogP contribution in [0, 0.1) is 17.7 Å². The van der Waals surface area contributed by atoms with Crippen LogP contribution in [-0.2, 0) is 25.5 Å². The SMILES string of the molecule is CCOC(=O)[C@]1(Cc2ccccc2)N[C@@H](c2ccc(F)cc2)[C@H]2C(=O)N(CC)C(=O)[C@@H]21. The fraction of sp³-hybridized carbons (Fsp3) is 0.375. The third-order valence-electron chi connectivity index (χ3n) is 6.26. The molecule has 2 heterocycles. The van der Waals surface area contributed by atoms with Crippen molar-refractivity contribution in [2.45, 2.75) is 31.8 Å². The first-order chi connectivity index (χ1) is 14.9. The molecule has 2 aliphatic heterocycles. The van der Waals surface area contributed by atoms with E-state index < -0.39 is 35.2 Å². The Morgan fingerprint density at radius 1 is 1.06 bits per heavy atom. The molecule has 162 valence electrons. The average molecular weight is 424 g/mol. The number of rotatable bonds is 6. The van der Waals surface area contributed by atoms with E-state index in [2.05, 4.69) is 5.32 Å². The number of carbonyl (C=O) groups excluding carboxylic acids is 3. The second-order valence-electron chi connectivity index (χ2n) is 7.95. The topological polar surface area (TPSA) is 75.7 Å². The van der Waals surface area contributed by atoms with Crippen LogP contribution in [0.1, 0.15) is 31.0 Å². The minimum Gasteiger partial charge on any atom is -0.465 e.